The van der Waals surface area contributed by atoms with E-state index in [1.165, 1.54) is 32.1 Å². The van der Waals surface area contributed by atoms with Crippen molar-refractivity contribution >= 4 is 11.5 Å². The lowest BCUT2D eigenvalue weighted by atomic mass is 9.89. The van der Waals surface area contributed by atoms with Gasteiger partial charge in [-0.2, -0.15) is 5.10 Å². The molecule has 0 aromatic carbocycles. The van der Waals surface area contributed by atoms with Gasteiger partial charge >= 0.3 is 0 Å². The Morgan fingerprint density at radius 3 is 2.62 bits per heavy atom. The first-order valence-electron chi connectivity index (χ1n) is 6.21. The maximum absolute atomic E-state index is 5.97. The minimum absolute atomic E-state index is 0.790. The zero-order chi connectivity index (χ0) is 11.5. The molecule has 4 heteroatoms. The lowest BCUT2D eigenvalue weighted by Gasteiger charge is -2.22. The van der Waals surface area contributed by atoms with E-state index < -0.39 is 0 Å². The second-order valence-electron chi connectivity index (χ2n) is 4.86. The number of aromatic nitrogens is 2. The van der Waals surface area contributed by atoms with Crippen LogP contribution in [0.4, 0.5) is 11.5 Å². The molecular formula is C12H22N4. The number of hydrogen-bond donors (Lipinski definition) is 2. The van der Waals surface area contributed by atoms with Crippen LogP contribution in [0.25, 0.3) is 0 Å². The van der Waals surface area contributed by atoms with Crippen LogP contribution in [0.3, 0.4) is 0 Å². The maximum atomic E-state index is 5.97. The molecule has 0 spiro atoms. The van der Waals surface area contributed by atoms with Gasteiger partial charge in [0.05, 0.1) is 11.4 Å². The van der Waals surface area contributed by atoms with Crippen molar-refractivity contribution in [3.8, 4) is 0 Å². The topological polar surface area (TPSA) is 55.9 Å². The summed E-state index contributed by atoms with van der Waals surface area (Å²) in [5, 5.41) is 7.75. The lowest BCUT2D eigenvalue weighted by Crippen LogP contribution is -2.18. The molecule has 1 fully saturated rings. The zero-order valence-electron chi connectivity index (χ0n) is 10.3. The standard InChI is InChI=1S/C12H22N4/c1-9-11(13)12(16(2)15-9)14-8-10-6-4-3-5-7-10/h10,14H,3-8,13H2,1-2H3. The SMILES string of the molecule is Cc1nn(C)c(NCC2CCCCC2)c1N. The summed E-state index contributed by atoms with van der Waals surface area (Å²) >= 11 is 0. The van der Waals surface area contributed by atoms with Crippen molar-refractivity contribution in [1.82, 2.24) is 9.78 Å². The Morgan fingerprint density at radius 1 is 1.38 bits per heavy atom. The highest BCUT2D eigenvalue weighted by molar-refractivity contribution is 5.64. The normalized spacial score (nSPS) is 17.6. The molecule has 16 heavy (non-hydrogen) atoms. The molecule has 1 saturated carbocycles. The van der Waals surface area contributed by atoms with E-state index >= 15 is 0 Å². The zero-order valence-corrected chi connectivity index (χ0v) is 10.3. The van der Waals surface area contributed by atoms with Crippen LogP contribution in [0.2, 0.25) is 0 Å². The van der Waals surface area contributed by atoms with E-state index in [-0.39, 0.29) is 0 Å². The molecule has 1 aromatic heterocycles. The van der Waals surface area contributed by atoms with E-state index in [0.29, 0.717) is 0 Å². The number of hydrogen-bond acceptors (Lipinski definition) is 3. The summed E-state index contributed by atoms with van der Waals surface area (Å²) in [5.74, 6) is 1.78. The number of nitrogens with zero attached hydrogens (tertiary/aromatic N) is 2. The molecule has 0 bridgehead atoms. The predicted octanol–water partition coefficient (Wildman–Crippen LogP) is 2.30. The van der Waals surface area contributed by atoms with Crippen molar-refractivity contribution in [1.29, 1.82) is 0 Å². The van der Waals surface area contributed by atoms with Gasteiger partial charge in [-0.05, 0) is 25.7 Å². The van der Waals surface area contributed by atoms with Crippen LogP contribution in [0, 0.1) is 12.8 Å². The molecule has 0 atom stereocenters. The fraction of sp³-hybridized carbons (Fsp3) is 0.750. The van der Waals surface area contributed by atoms with Gasteiger partial charge in [-0.15, -0.1) is 0 Å². The molecule has 4 nitrogen and oxygen atoms in total. The molecule has 0 aliphatic heterocycles. The van der Waals surface area contributed by atoms with Crippen LogP contribution in [0.5, 0.6) is 0 Å². The van der Waals surface area contributed by atoms with E-state index in [2.05, 4.69) is 10.4 Å². The van der Waals surface area contributed by atoms with Gasteiger partial charge in [0.15, 0.2) is 0 Å². The first-order chi connectivity index (χ1) is 7.68. The summed E-state index contributed by atoms with van der Waals surface area (Å²) in [6, 6.07) is 0. The highest BCUT2D eigenvalue weighted by Crippen LogP contribution is 2.26. The van der Waals surface area contributed by atoms with Crippen LogP contribution >= 0.6 is 0 Å². The molecule has 1 heterocycles. The first kappa shape index (κ1) is 11.3. The Labute approximate surface area is 97.2 Å². The van der Waals surface area contributed by atoms with Gasteiger partial charge in [-0.25, -0.2) is 0 Å². The lowest BCUT2D eigenvalue weighted by molar-refractivity contribution is 0.373. The van der Waals surface area contributed by atoms with Crippen molar-refractivity contribution in [2.24, 2.45) is 13.0 Å². The van der Waals surface area contributed by atoms with Gasteiger partial charge in [0.2, 0.25) is 0 Å². The Kier molecular flexibility index (Phi) is 3.36. The fourth-order valence-electron chi connectivity index (χ4n) is 2.52. The van der Waals surface area contributed by atoms with Gasteiger partial charge in [0.25, 0.3) is 0 Å². The third-order valence-electron chi connectivity index (χ3n) is 3.55. The molecule has 1 aromatic rings. The second kappa shape index (κ2) is 4.76. The van der Waals surface area contributed by atoms with Crippen LogP contribution in [0.1, 0.15) is 37.8 Å². The van der Waals surface area contributed by atoms with E-state index in [4.69, 9.17) is 5.73 Å². The van der Waals surface area contributed by atoms with Crippen LogP contribution in [-0.2, 0) is 7.05 Å². The average molecular weight is 222 g/mol. The largest absolute Gasteiger partial charge is 0.394 e. The number of rotatable bonds is 3. The number of nitrogens with one attached hydrogen (secondary N) is 1. The summed E-state index contributed by atoms with van der Waals surface area (Å²) < 4.78 is 1.84. The van der Waals surface area contributed by atoms with Gasteiger partial charge in [0.1, 0.15) is 5.82 Å². The van der Waals surface area contributed by atoms with Crippen molar-refractivity contribution in [2.75, 3.05) is 17.6 Å². The number of nitrogen functional groups attached to an aromatic ring is 1. The second-order valence-corrected chi connectivity index (χ2v) is 4.86. The van der Waals surface area contributed by atoms with Gasteiger partial charge in [-0.1, -0.05) is 19.3 Å². The molecule has 0 radical (unpaired) electrons. The van der Waals surface area contributed by atoms with Crippen LogP contribution < -0.4 is 11.1 Å². The highest BCUT2D eigenvalue weighted by Gasteiger charge is 2.15. The summed E-state index contributed by atoms with van der Waals surface area (Å²) in [5.41, 5.74) is 7.67. The summed E-state index contributed by atoms with van der Waals surface area (Å²) in [6.07, 6.45) is 6.87. The Bertz CT molecular complexity index is 350. The smallest absolute Gasteiger partial charge is 0.147 e. The van der Waals surface area contributed by atoms with Crippen molar-refractivity contribution in [3.05, 3.63) is 5.69 Å². The van der Waals surface area contributed by atoms with Crippen molar-refractivity contribution in [2.45, 2.75) is 39.0 Å². The molecule has 0 saturated heterocycles. The molecule has 3 N–H and O–H groups in total. The molecule has 90 valence electrons. The fourth-order valence-corrected chi connectivity index (χ4v) is 2.52. The van der Waals surface area contributed by atoms with Gasteiger partial charge < -0.3 is 11.1 Å². The summed E-state index contributed by atoms with van der Waals surface area (Å²) in [7, 11) is 1.94. The van der Waals surface area contributed by atoms with Crippen molar-refractivity contribution < 1.29 is 0 Å². The maximum Gasteiger partial charge on any atom is 0.147 e. The molecular weight excluding hydrogens is 200 g/mol. The third kappa shape index (κ3) is 2.31. The summed E-state index contributed by atoms with van der Waals surface area (Å²) in [6.45, 7) is 2.98. The number of anilines is 2. The minimum atomic E-state index is 0.790. The Balaban J connectivity index is 1.93. The molecule has 1 aliphatic rings. The molecule has 0 unspecified atom stereocenters. The molecule has 0 amide bonds. The van der Waals surface area contributed by atoms with E-state index in [0.717, 1.165) is 29.7 Å². The van der Waals surface area contributed by atoms with E-state index in [9.17, 15) is 0 Å². The Morgan fingerprint density at radius 2 is 2.06 bits per heavy atom. The average Bonchev–Trinajstić information content (AvgIpc) is 2.53. The highest BCUT2D eigenvalue weighted by atomic mass is 15.3. The van der Waals surface area contributed by atoms with Crippen LogP contribution in [0.15, 0.2) is 0 Å². The van der Waals surface area contributed by atoms with Crippen molar-refractivity contribution in [3.63, 3.8) is 0 Å². The summed E-state index contributed by atoms with van der Waals surface area (Å²) in [4.78, 5) is 0. The van der Waals surface area contributed by atoms with Gasteiger partial charge in [0, 0.05) is 13.6 Å². The third-order valence-corrected chi connectivity index (χ3v) is 3.55. The van der Waals surface area contributed by atoms with E-state index in [1.807, 2.05) is 18.7 Å². The molecule has 2 rings (SSSR count). The monoisotopic (exact) mass is 222 g/mol. The number of aryl methyl sites for hydroxylation is 2. The first-order valence-corrected chi connectivity index (χ1v) is 6.21. The Hall–Kier alpha value is -1.19. The van der Waals surface area contributed by atoms with Crippen LogP contribution in [-0.4, -0.2) is 16.3 Å². The predicted molar refractivity (Wildman–Crippen MR) is 67.4 cm³/mol. The minimum Gasteiger partial charge on any atom is -0.394 e. The quantitative estimate of drug-likeness (QED) is 0.825. The van der Waals surface area contributed by atoms with E-state index in [1.54, 1.807) is 0 Å². The molecule has 1 aliphatic carbocycles. The van der Waals surface area contributed by atoms with Gasteiger partial charge in [-0.3, -0.25) is 4.68 Å². The number of nitrogens with two attached hydrogens (primary N) is 1.